The third-order valence-corrected chi connectivity index (χ3v) is 5.63. The summed E-state index contributed by atoms with van der Waals surface area (Å²) in [7, 11) is 0. The van der Waals surface area contributed by atoms with Crippen LogP contribution in [0.4, 0.5) is 0 Å². The average molecular weight is 346 g/mol. The minimum Gasteiger partial charge on any atom is -0.322 e. The van der Waals surface area contributed by atoms with Gasteiger partial charge in [0.15, 0.2) is 0 Å². The van der Waals surface area contributed by atoms with E-state index < -0.39 is 0 Å². The van der Waals surface area contributed by atoms with E-state index in [1.165, 1.54) is 24.0 Å². The van der Waals surface area contributed by atoms with E-state index in [1.54, 1.807) is 0 Å². The number of aromatic amines is 1. The molecule has 0 atom stereocenters. The van der Waals surface area contributed by atoms with Crippen LogP contribution in [0.5, 0.6) is 0 Å². The Morgan fingerprint density at radius 2 is 1.81 bits per heavy atom. The van der Waals surface area contributed by atoms with E-state index in [-0.39, 0.29) is 5.56 Å². The second-order valence-corrected chi connectivity index (χ2v) is 7.36. The number of piperidine rings is 1. The molecule has 0 spiro atoms. The Labute approximate surface area is 154 Å². The molecule has 1 fully saturated rings. The van der Waals surface area contributed by atoms with Crippen LogP contribution in [-0.2, 0) is 13.0 Å². The van der Waals surface area contributed by atoms with Crippen molar-refractivity contribution in [3.8, 4) is 0 Å². The van der Waals surface area contributed by atoms with E-state index in [1.807, 2.05) is 13.0 Å². The van der Waals surface area contributed by atoms with Crippen LogP contribution >= 0.6 is 0 Å². The predicted octanol–water partition coefficient (Wildman–Crippen LogP) is 4.47. The molecule has 134 valence electrons. The molecule has 0 aliphatic carbocycles. The minimum absolute atomic E-state index is 0.0424. The quantitative estimate of drug-likeness (QED) is 0.756. The molecule has 1 aromatic heterocycles. The van der Waals surface area contributed by atoms with Gasteiger partial charge in [0, 0.05) is 17.6 Å². The summed E-state index contributed by atoms with van der Waals surface area (Å²) >= 11 is 0. The maximum atomic E-state index is 12.1. The molecular formula is C23H26N2O. The highest BCUT2D eigenvalue weighted by Gasteiger charge is 2.20. The highest BCUT2D eigenvalue weighted by atomic mass is 16.1. The topological polar surface area (TPSA) is 36.1 Å². The number of nitrogens with one attached hydrogen (secondary N) is 1. The first-order chi connectivity index (χ1) is 12.7. The molecule has 4 rings (SSSR count). The number of benzene rings is 2. The fourth-order valence-corrected chi connectivity index (χ4v) is 4.06. The first kappa shape index (κ1) is 17.0. The fourth-order valence-electron chi connectivity index (χ4n) is 4.06. The molecule has 26 heavy (non-hydrogen) atoms. The van der Waals surface area contributed by atoms with E-state index in [2.05, 4.69) is 58.4 Å². The van der Waals surface area contributed by atoms with Gasteiger partial charge >= 0.3 is 0 Å². The van der Waals surface area contributed by atoms with Gasteiger partial charge in [-0.25, -0.2) is 0 Å². The van der Waals surface area contributed by atoms with Gasteiger partial charge in [-0.1, -0.05) is 49.4 Å². The van der Waals surface area contributed by atoms with Crippen LogP contribution in [0, 0.1) is 0 Å². The zero-order chi connectivity index (χ0) is 17.9. The number of aryl methyl sites for hydroxylation is 1. The van der Waals surface area contributed by atoms with Gasteiger partial charge in [-0.05, 0) is 66.9 Å². The summed E-state index contributed by atoms with van der Waals surface area (Å²) in [6.45, 7) is 5.23. The van der Waals surface area contributed by atoms with Gasteiger partial charge in [-0.15, -0.1) is 0 Å². The largest absolute Gasteiger partial charge is 0.322 e. The molecule has 0 amide bonds. The number of aromatic nitrogens is 1. The molecule has 3 nitrogen and oxygen atoms in total. The maximum Gasteiger partial charge on any atom is 0.251 e. The van der Waals surface area contributed by atoms with Crippen LogP contribution in [0.15, 0.2) is 59.4 Å². The van der Waals surface area contributed by atoms with Crippen LogP contribution < -0.4 is 5.56 Å². The Morgan fingerprint density at radius 3 is 2.54 bits per heavy atom. The molecule has 1 N–H and O–H groups in total. The molecular weight excluding hydrogens is 320 g/mol. The van der Waals surface area contributed by atoms with Crippen molar-refractivity contribution in [2.75, 3.05) is 13.1 Å². The Kier molecular flexibility index (Phi) is 4.89. The smallest absolute Gasteiger partial charge is 0.251 e. The summed E-state index contributed by atoms with van der Waals surface area (Å²) in [6.07, 6.45) is 3.20. The SMILES string of the molecule is CCc1cc2ccc(CN3CCC(c4ccccc4)CC3)cc2[nH]c1=O. The average Bonchev–Trinajstić information content (AvgIpc) is 2.69. The first-order valence-electron chi connectivity index (χ1n) is 9.65. The van der Waals surface area contributed by atoms with E-state index in [4.69, 9.17) is 0 Å². The van der Waals surface area contributed by atoms with Crippen molar-refractivity contribution < 1.29 is 0 Å². The zero-order valence-corrected chi connectivity index (χ0v) is 15.4. The number of rotatable bonds is 4. The van der Waals surface area contributed by atoms with Gasteiger partial charge in [-0.3, -0.25) is 9.69 Å². The lowest BCUT2D eigenvalue weighted by Crippen LogP contribution is -2.32. The summed E-state index contributed by atoms with van der Waals surface area (Å²) < 4.78 is 0. The first-order valence-corrected chi connectivity index (χ1v) is 9.65. The number of likely N-dealkylation sites (tertiary alicyclic amines) is 1. The van der Waals surface area contributed by atoms with Gasteiger partial charge in [0.1, 0.15) is 0 Å². The second kappa shape index (κ2) is 7.46. The van der Waals surface area contributed by atoms with Crippen LogP contribution in [0.1, 0.15) is 42.4 Å². The van der Waals surface area contributed by atoms with Crippen molar-refractivity contribution >= 4 is 10.9 Å². The lowest BCUT2D eigenvalue weighted by molar-refractivity contribution is 0.204. The van der Waals surface area contributed by atoms with Crippen LogP contribution in [0.3, 0.4) is 0 Å². The second-order valence-electron chi connectivity index (χ2n) is 7.36. The number of hydrogen-bond acceptors (Lipinski definition) is 2. The van der Waals surface area contributed by atoms with Gasteiger partial charge in [0.2, 0.25) is 0 Å². The molecule has 2 heterocycles. The van der Waals surface area contributed by atoms with Gasteiger partial charge in [0.05, 0.1) is 0 Å². The molecule has 0 unspecified atom stereocenters. The molecule has 1 aliphatic rings. The number of nitrogens with zero attached hydrogens (tertiary/aromatic N) is 1. The molecule has 0 bridgehead atoms. The summed E-state index contributed by atoms with van der Waals surface area (Å²) in [5.74, 6) is 0.688. The standard InChI is InChI=1S/C23H26N2O/c1-2-18-15-21-9-8-17(14-22(21)24-23(18)26)16-25-12-10-20(11-13-25)19-6-4-3-5-7-19/h3-9,14-15,20H,2,10-13,16H2,1H3,(H,24,26). The Balaban J connectivity index is 1.44. The molecule has 1 saturated heterocycles. The Hall–Kier alpha value is -2.39. The highest BCUT2D eigenvalue weighted by molar-refractivity contribution is 5.79. The fraction of sp³-hybridized carbons (Fsp3) is 0.348. The number of pyridine rings is 1. The van der Waals surface area contributed by atoms with Crippen LogP contribution in [0.25, 0.3) is 10.9 Å². The van der Waals surface area contributed by atoms with E-state index in [0.29, 0.717) is 5.92 Å². The Bertz CT molecular complexity index is 937. The van der Waals surface area contributed by atoms with Gasteiger partial charge < -0.3 is 4.98 Å². The van der Waals surface area contributed by atoms with E-state index in [9.17, 15) is 4.79 Å². The predicted molar refractivity (Wildman–Crippen MR) is 108 cm³/mol. The summed E-state index contributed by atoms with van der Waals surface area (Å²) in [5, 5.41) is 1.12. The van der Waals surface area contributed by atoms with Gasteiger partial charge in [0.25, 0.3) is 5.56 Å². The number of fused-ring (bicyclic) bond motifs is 1. The third-order valence-electron chi connectivity index (χ3n) is 5.63. The van der Waals surface area contributed by atoms with E-state index in [0.717, 1.165) is 42.5 Å². The number of hydrogen-bond donors (Lipinski definition) is 1. The third kappa shape index (κ3) is 3.58. The van der Waals surface area contributed by atoms with Crippen molar-refractivity contribution in [2.45, 2.75) is 38.6 Å². The van der Waals surface area contributed by atoms with Crippen molar-refractivity contribution in [3.05, 3.63) is 81.6 Å². The van der Waals surface area contributed by atoms with Crippen molar-refractivity contribution in [1.29, 1.82) is 0 Å². The van der Waals surface area contributed by atoms with Crippen molar-refractivity contribution in [2.24, 2.45) is 0 Å². The monoisotopic (exact) mass is 346 g/mol. The molecule has 3 heteroatoms. The molecule has 1 aliphatic heterocycles. The molecule has 0 saturated carbocycles. The van der Waals surface area contributed by atoms with Crippen molar-refractivity contribution in [1.82, 2.24) is 9.88 Å². The van der Waals surface area contributed by atoms with Crippen LogP contribution in [-0.4, -0.2) is 23.0 Å². The molecule has 3 aromatic rings. The van der Waals surface area contributed by atoms with Crippen molar-refractivity contribution in [3.63, 3.8) is 0 Å². The lowest BCUT2D eigenvalue weighted by Gasteiger charge is -2.32. The van der Waals surface area contributed by atoms with Gasteiger partial charge in [-0.2, -0.15) is 0 Å². The zero-order valence-electron chi connectivity index (χ0n) is 15.4. The number of H-pyrrole nitrogens is 1. The normalized spacial score (nSPS) is 16.2. The van der Waals surface area contributed by atoms with Crippen LogP contribution in [0.2, 0.25) is 0 Å². The summed E-state index contributed by atoms with van der Waals surface area (Å²) in [4.78, 5) is 17.6. The highest BCUT2D eigenvalue weighted by Crippen LogP contribution is 2.28. The molecule has 0 radical (unpaired) electrons. The minimum atomic E-state index is 0.0424. The summed E-state index contributed by atoms with van der Waals surface area (Å²) in [5.41, 5.74) is 4.59. The van der Waals surface area contributed by atoms with E-state index >= 15 is 0 Å². The Morgan fingerprint density at radius 1 is 1.04 bits per heavy atom. The maximum absolute atomic E-state index is 12.1. The lowest BCUT2D eigenvalue weighted by atomic mass is 9.89. The summed E-state index contributed by atoms with van der Waals surface area (Å²) in [6, 6.07) is 19.4. The molecule has 2 aromatic carbocycles.